The van der Waals surface area contributed by atoms with E-state index in [0.717, 1.165) is 38.9 Å². The van der Waals surface area contributed by atoms with Gasteiger partial charge in [-0.2, -0.15) is 0 Å². The van der Waals surface area contributed by atoms with E-state index in [1.54, 1.807) is 0 Å². The number of nitrogens with zero attached hydrogens (tertiary/aromatic N) is 1. The van der Waals surface area contributed by atoms with Crippen molar-refractivity contribution in [3.8, 4) is 0 Å². The van der Waals surface area contributed by atoms with Gasteiger partial charge in [0.2, 0.25) is 5.91 Å². The van der Waals surface area contributed by atoms with Crippen LogP contribution in [-0.4, -0.2) is 37.5 Å². The third-order valence-corrected chi connectivity index (χ3v) is 5.07. The van der Waals surface area contributed by atoms with Crippen LogP contribution in [0.1, 0.15) is 25.3 Å². The molecule has 24 heavy (non-hydrogen) atoms. The summed E-state index contributed by atoms with van der Waals surface area (Å²) in [6, 6.07) is 15.0. The van der Waals surface area contributed by atoms with Crippen LogP contribution in [0.15, 0.2) is 42.5 Å². The average molecular weight is 324 g/mol. The molecule has 0 bridgehead atoms. The van der Waals surface area contributed by atoms with E-state index < -0.39 is 0 Å². The second kappa shape index (κ2) is 7.80. The quantitative estimate of drug-likeness (QED) is 0.913. The van der Waals surface area contributed by atoms with Crippen LogP contribution in [0.4, 0.5) is 0 Å². The highest BCUT2D eigenvalue weighted by molar-refractivity contribution is 5.85. The molecule has 1 fully saturated rings. The zero-order valence-corrected chi connectivity index (χ0v) is 14.8. The Hall–Kier alpha value is -1.87. The van der Waals surface area contributed by atoms with Crippen LogP contribution in [0.25, 0.3) is 10.8 Å². The van der Waals surface area contributed by atoms with Gasteiger partial charge in [-0.3, -0.25) is 4.79 Å². The standard InChI is InChI=1S/C21H28N2O/c1-16(14-22-21(24)19-10-6-12-23(2)15-19)13-18-9-5-8-17-7-3-4-11-20(17)18/h3-5,7-9,11,16,19H,6,10,12-15H2,1-2H3,(H,22,24)/t16-,19+/m1/s1. The van der Waals surface area contributed by atoms with Crippen LogP contribution >= 0.6 is 0 Å². The average Bonchev–Trinajstić information content (AvgIpc) is 2.60. The van der Waals surface area contributed by atoms with Gasteiger partial charge in [-0.25, -0.2) is 0 Å². The number of piperidine rings is 1. The monoisotopic (exact) mass is 324 g/mol. The molecule has 0 aromatic heterocycles. The fourth-order valence-electron chi connectivity index (χ4n) is 3.72. The lowest BCUT2D eigenvalue weighted by atomic mass is 9.95. The fourth-order valence-corrected chi connectivity index (χ4v) is 3.72. The molecule has 1 aliphatic rings. The van der Waals surface area contributed by atoms with Crippen LogP contribution in [0.2, 0.25) is 0 Å². The van der Waals surface area contributed by atoms with Gasteiger partial charge in [-0.05, 0) is 55.1 Å². The maximum Gasteiger partial charge on any atom is 0.224 e. The molecule has 2 atom stereocenters. The molecule has 1 saturated heterocycles. The number of carbonyl (C=O) groups is 1. The Kier molecular flexibility index (Phi) is 5.52. The zero-order valence-electron chi connectivity index (χ0n) is 14.8. The van der Waals surface area contributed by atoms with Crippen molar-refractivity contribution in [2.45, 2.75) is 26.2 Å². The van der Waals surface area contributed by atoms with Crippen molar-refractivity contribution < 1.29 is 4.79 Å². The van der Waals surface area contributed by atoms with E-state index in [1.165, 1.54) is 16.3 Å². The number of rotatable bonds is 5. The van der Waals surface area contributed by atoms with E-state index in [0.29, 0.717) is 5.92 Å². The first kappa shape index (κ1) is 17.0. The summed E-state index contributed by atoms with van der Waals surface area (Å²) < 4.78 is 0. The van der Waals surface area contributed by atoms with Crippen molar-refractivity contribution in [3.05, 3.63) is 48.0 Å². The van der Waals surface area contributed by atoms with Crippen LogP contribution in [0, 0.1) is 11.8 Å². The van der Waals surface area contributed by atoms with E-state index in [4.69, 9.17) is 0 Å². The highest BCUT2D eigenvalue weighted by Gasteiger charge is 2.23. The third kappa shape index (κ3) is 4.15. The first-order valence-electron chi connectivity index (χ1n) is 9.06. The molecule has 1 aliphatic heterocycles. The maximum atomic E-state index is 12.4. The molecule has 3 rings (SSSR count). The number of nitrogens with one attached hydrogen (secondary N) is 1. The molecule has 3 heteroatoms. The zero-order chi connectivity index (χ0) is 16.9. The molecule has 2 aromatic rings. The van der Waals surface area contributed by atoms with Crippen LogP contribution in [0.3, 0.4) is 0 Å². The molecule has 1 amide bonds. The second-order valence-corrected chi connectivity index (χ2v) is 7.29. The SMILES string of the molecule is C[C@@H](CNC(=O)[C@H]1CCCN(C)C1)Cc1cccc2ccccc12. The summed E-state index contributed by atoms with van der Waals surface area (Å²) in [5.74, 6) is 0.820. The Bertz CT molecular complexity index is 692. The maximum absolute atomic E-state index is 12.4. The van der Waals surface area contributed by atoms with Gasteiger partial charge in [0.15, 0.2) is 0 Å². The number of hydrogen-bond acceptors (Lipinski definition) is 2. The Balaban J connectivity index is 1.55. The first-order chi connectivity index (χ1) is 11.6. The number of carbonyl (C=O) groups excluding carboxylic acids is 1. The minimum atomic E-state index is 0.161. The van der Waals surface area contributed by atoms with Gasteiger partial charge in [0.05, 0.1) is 5.92 Å². The highest BCUT2D eigenvalue weighted by Crippen LogP contribution is 2.21. The number of amides is 1. The van der Waals surface area contributed by atoms with E-state index >= 15 is 0 Å². The fraction of sp³-hybridized carbons (Fsp3) is 0.476. The van der Waals surface area contributed by atoms with Gasteiger partial charge in [-0.15, -0.1) is 0 Å². The van der Waals surface area contributed by atoms with E-state index in [-0.39, 0.29) is 11.8 Å². The third-order valence-electron chi connectivity index (χ3n) is 5.07. The Morgan fingerprint density at radius 1 is 1.25 bits per heavy atom. The van der Waals surface area contributed by atoms with E-state index in [1.807, 2.05) is 0 Å². The largest absolute Gasteiger partial charge is 0.356 e. The van der Waals surface area contributed by atoms with Gasteiger partial charge in [0.1, 0.15) is 0 Å². The molecular weight excluding hydrogens is 296 g/mol. The Morgan fingerprint density at radius 2 is 2.04 bits per heavy atom. The Labute approximate surface area is 145 Å². The summed E-state index contributed by atoms with van der Waals surface area (Å²) in [6.45, 7) is 4.97. The van der Waals surface area contributed by atoms with Crippen molar-refractivity contribution in [2.24, 2.45) is 11.8 Å². The van der Waals surface area contributed by atoms with Crippen molar-refractivity contribution >= 4 is 16.7 Å². The molecule has 0 saturated carbocycles. The van der Waals surface area contributed by atoms with Crippen molar-refractivity contribution in [2.75, 3.05) is 26.7 Å². The highest BCUT2D eigenvalue weighted by atomic mass is 16.1. The van der Waals surface area contributed by atoms with Crippen LogP contribution in [-0.2, 0) is 11.2 Å². The van der Waals surface area contributed by atoms with Gasteiger partial charge in [-0.1, -0.05) is 49.4 Å². The van der Waals surface area contributed by atoms with Crippen molar-refractivity contribution in [1.29, 1.82) is 0 Å². The smallest absolute Gasteiger partial charge is 0.224 e. The number of likely N-dealkylation sites (tertiary alicyclic amines) is 1. The summed E-state index contributed by atoms with van der Waals surface area (Å²) in [4.78, 5) is 14.6. The normalized spacial score (nSPS) is 20.0. The van der Waals surface area contributed by atoms with Crippen molar-refractivity contribution in [3.63, 3.8) is 0 Å². The summed E-state index contributed by atoms with van der Waals surface area (Å²) >= 11 is 0. The molecule has 1 heterocycles. The molecule has 2 aromatic carbocycles. The molecule has 0 aliphatic carbocycles. The minimum Gasteiger partial charge on any atom is -0.356 e. The topological polar surface area (TPSA) is 32.3 Å². The minimum absolute atomic E-state index is 0.161. The van der Waals surface area contributed by atoms with Gasteiger partial charge in [0.25, 0.3) is 0 Å². The molecule has 0 unspecified atom stereocenters. The summed E-state index contributed by atoms with van der Waals surface area (Å²) in [5, 5.41) is 5.79. The van der Waals surface area contributed by atoms with Gasteiger partial charge in [0, 0.05) is 13.1 Å². The van der Waals surface area contributed by atoms with Crippen LogP contribution in [0.5, 0.6) is 0 Å². The summed E-state index contributed by atoms with van der Waals surface area (Å²) in [5.41, 5.74) is 1.37. The van der Waals surface area contributed by atoms with Crippen molar-refractivity contribution in [1.82, 2.24) is 10.2 Å². The predicted octanol–water partition coefficient (Wildman–Crippen LogP) is 3.48. The lowest BCUT2D eigenvalue weighted by Crippen LogP contribution is -2.42. The van der Waals surface area contributed by atoms with Gasteiger partial charge >= 0.3 is 0 Å². The van der Waals surface area contributed by atoms with Crippen LogP contribution < -0.4 is 5.32 Å². The lowest BCUT2D eigenvalue weighted by Gasteiger charge is -2.29. The molecule has 3 nitrogen and oxygen atoms in total. The Morgan fingerprint density at radius 3 is 2.88 bits per heavy atom. The molecule has 1 N–H and O–H groups in total. The number of fused-ring (bicyclic) bond motifs is 1. The van der Waals surface area contributed by atoms with E-state index in [2.05, 4.69) is 66.7 Å². The second-order valence-electron chi connectivity index (χ2n) is 7.29. The number of hydrogen-bond donors (Lipinski definition) is 1. The number of benzene rings is 2. The molecular formula is C21H28N2O. The lowest BCUT2D eigenvalue weighted by molar-refractivity contribution is -0.126. The predicted molar refractivity (Wildman–Crippen MR) is 100 cm³/mol. The van der Waals surface area contributed by atoms with Gasteiger partial charge < -0.3 is 10.2 Å². The van der Waals surface area contributed by atoms with E-state index in [9.17, 15) is 4.79 Å². The summed E-state index contributed by atoms with van der Waals surface area (Å²) in [6.07, 6.45) is 3.14. The molecule has 0 spiro atoms. The first-order valence-corrected chi connectivity index (χ1v) is 9.06. The molecule has 128 valence electrons. The molecule has 0 radical (unpaired) electrons. The summed E-state index contributed by atoms with van der Waals surface area (Å²) in [7, 11) is 2.10.